The van der Waals surface area contributed by atoms with Crippen molar-refractivity contribution in [3.8, 4) is 33.9 Å². The van der Waals surface area contributed by atoms with Gasteiger partial charge in [-0.1, -0.05) is 31.2 Å². The molecule has 1 unspecified atom stereocenters. The number of fused-ring (bicyclic) bond motifs is 1. The number of hydrogen-bond donors (Lipinski definition) is 1. The van der Waals surface area contributed by atoms with E-state index in [1.54, 1.807) is 7.11 Å². The Bertz CT molecular complexity index is 1310. The van der Waals surface area contributed by atoms with E-state index < -0.39 is 0 Å². The second-order valence-electron chi connectivity index (χ2n) is 8.62. The number of nitrogens with one attached hydrogen (secondary N) is 1. The molecule has 1 N–H and O–H groups in total. The van der Waals surface area contributed by atoms with Crippen molar-refractivity contribution in [3.63, 3.8) is 0 Å². The van der Waals surface area contributed by atoms with E-state index in [4.69, 9.17) is 14.5 Å². The largest absolute Gasteiger partial charge is 0.497 e. The van der Waals surface area contributed by atoms with Crippen LogP contribution in [-0.2, 0) is 11.2 Å². The van der Waals surface area contributed by atoms with E-state index in [-0.39, 0.29) is 11.9 Å². The molecule has 0 aliphatic heterocycles. The highest BCUT2D eigenvalue weighted by Gasteiger charge is 2.17. The van der Waals surface area contributed by atoms with Gasteiger partial charge in [0.25, 0.3) is 0 Å². The quantitative estimate of drug-likeness (QED) is 0.312. The highest BCUT2D eigenvalue weighted by atomic mass is 16.5. The topological polar surface area (TPSA) is 64.9 Å². The van der Waals surface area contributed by atoms with Crippen LogP contribution < -0.4 is 14.8 Å². The van der Waals surface area contributed by atoms with Gasteiger partial charge in [0.05, 0.1) is 25.1 Å². The van der Waals surface area contributed by atoms with E-state index in [2.05, 4.69) is 35.0 Å². The summed E-state index contributed by atoms with van der Waals surface area (Å²) in [6.07, 6.45) is 3.96. The van der Waals surface area contributed by atoms with Gasteiger partial charge in [-0.05, 0) is 74.2 Å². The van der Waals surface area contributed by atoms with Gasteiger partial charge in [-0.25, -0.2) is 4.98 Å². The summed E-state index contributed by atoms with van der Waals surface area (Å²) in [4.78, 5) is 17.6. The predicted octanol–water partition coefficient (Wildman–Crippen LogP) is 5.92. The minimum absolute atomic E-state index is 0.0477. The first-order valence-corrected chi connectivity index (χ1v) is 12.2. The number of carbonyl (C=O) groups excluding carboxylic acids is 1. The van der Waals surface area contributed by atoms with Crippen molar-refractivity contribution in [3.05, 3.63) is 72.6 Å². The molecular formula is C29H33N3O3. The number of imidazole rings is 1. The molecule has 0 fully saturated rings. The van der Waals surface area contributed by atoms with Crippen molar-refractivity contribution in [1.29, 1.82) is 0 Å². The lowest BCUT2D eigenvalue weighted by molar-refractivity contribution is -0.121. The Morgan fingerprint density at radius 2 is 1.74 bits per heavy atom. The van der Waals surface area contributed by atoms with Gasteiger partial charge in [0.15, 0.2) is 0 Å². The molecule has 2 aromatic heterocycles. The molecule has 0 bridgehead atoms. The Balaban J connectivity index is 1.77. The van der Waals surface area contributed by atoms with E-state index in [0.717, 1.165) is 51.6 Å². The number of aryl methyl sites for hydroxylation is 1. The third-order valence-electron chi connectivity index (χ3n) is 6.15. The first-order valence-electron chi connectivity index (χ1n) is 12.2. The lowest BCUT2D eigenvalue weighted by Gasteiger charge is -2.12. The predicted molar refractivity (Wildman–Crippen MR) is 140 cm³/mol. The Labute approximate surface area is 206 Å². The van der Waals surface area contributed by atoms with Gasteiger partial charge in [0, 0.05) is 24.2 Å². The van der Waals surface area contributed by atoms with E-state index >= 15 is 0 Å². The van der Waals surface area contributed by atoms with Crippen LogP contribution in [-0.4, -0.2) is 35.1 Å². The van der Waals surface area contributed by atoms with Crippen LogP contribution in [0, 0.1) is 0 Å². The maximum absolute atomic E-state index is 12.6. The Hall–Kier alpha value is -3.80. The number of benzene rings is 2. The number of methoxy groups -OCH3 is 1. The smallest absolute Gasteiger partial charge is 0.220 e. The molecule has 6 nitrogen and oxygen atoms in total. The molecule has 35 heavy (non-hydrogen) atoms. The van der Waals surface area contributed by atoms with Gasteiger partial charge >= 0.3 is 0 Å². The van der Waals surface area contributed by atoms with Crippen LogP contribution in [0.15, 0.2) is 66.9 Å². The average Bonchev–Trinajstić information content (AvgIpc) is 3.25. The van der Waals surface area contributed by atoms with E-state index in [1.807, 2.05) is 62.4 Å². The average molecular weight is 472 g/mol. The van der Waals surface area contributed by atoms with Crippen LogP contribution in [0.3, 0.4) is 0 Å². The fourth-order valence-electron chi connectivity index (χ4n) is 4.12. The molecule has 2 aromatic carbocycles. The molecule has 6 heteroatoms. The molecule has 0 aliphatic rings. The van der Waals surface area contributed by atoms with Crippen LogP contribution in [0.25, 0.3) is 28.0 Å². The minimum atomic E-state index is 0.0477. The molecule has 0 spiro atoms. The van der Waals surface area contributed by atoms with E-state index in [1.165, 1.54) is 0 Å². The third kappa shape index (κ3) is 5.65. The molecule has 182 valence electrons. The number of amides is 1. The first kappa shape index (κ1) is 24.3. The van der Waals surface area contributed by atoms with Gasteiger partial charge in [-0.15, -0.1) is 0 Å². The summed E-state index contributed by atoms with van der Waals surface area (Å²) in [5.41, 5.74) is 5.78. The summed E-state index contributed by atoms with van der Waals surface area (Å²) in [7, 11) is 1.66. The first-order chi connectivity index (χ1) is 17.0. The fraction of sp³-hybridized carbons (Fsp3) is 0.310. The maximum atomic E-state index is 12.6. The van der Waals surface area contributed by atoms with Gasteiger partial charge in [-0.3, -0.25) is 4.79 Å². The molecule has 0 saturated carbocycles. The van der Waals surface area contributed by atoms with Gasteiger partial charge in [-0.2, -0.15) is 0 Å². The van der Waals surface area contributed by atoms with Crippen LogP contribution in [0.2, 0.25) is 0 Å². The van der Waals surface area contributed by atoms with Crippen molar-refractivity contribution in [2.24, 2.45) is 0 Å². The van der Waals surface area contributed by atoms with Crippen LogP contribution >= 0.6 is 0 Å². The monoisotopic (exact) mass is 471 g/mol. The highest BCUT2D eigenvalue weighted by Crippen LogP contribution is 2.31. The number of nitrogens with zero attached hydrogens (tertiary/aromatic N) is 2. The minimum Gasteiger partial charge on any atom is -0.497 e. The highest BCUT2D eigenvalue weighted by molar-refractivity contribution is 5.77. The summed E-state index contributed by atoms with van der Waals surface area (Å²) < 4.78 is 13.2. The van der Waals surface area contributed by atoms with Crippen molar-refractivity contribution >= 4 is 11.6 Å². The number of aromatic nitrogens is 2. The summed E-state index contributed by atoms with van der Waals surface area (Å²) in [6, 6.07) is 20.2. The number of pyridine rings is 1. The summed E-state index contributed by atoms with van der Waals surface area (Å²) in [5.74, 6) is 1.66. The molecule has 0 radical (unpaired) electrons. The zero-order chi connectivity index (χ0) is 24.8. The molecule has 1 atom stereocenters. The van der Waals surface area contributed by atoms with Gasteiger partial charge in [0.1, 0.15) is 17.1 Å². The standard InChI is InChI=1S/C29H33N3O3/c1-5-20(3)30-28(33)16-14-26-29(22-10-8-11-24(18-22)34-4)31-27-15-13-23(19-32(26)27)21-9-7-12-25(17-21)35-6-2/h7-13,15,17-20H,5-6,14,16H2,1-4H3,(H,30,33). The number of rotatable bonds is 10. The Morgan fingerprint density at radius 1 is 1.00 bits per heavy atom. The lowest BCUT2D eigenvalue weighted by Crippen LogP contribution is -2.32. The molecule has 1 amide bonds. The van der Waals surface area contributed by atoms with Crippen molar-refractivity contribution in [2.45, 2.75) is 46.1 Å². The summed E-state index contributed by atoms with van der Waals surface area (Å²) >= 11 is 0. The molecule has 4 aromatic rings. The molecular weight excluding hydrogens is 438 g/mol. The van der Waals surface area contributed by atoms with Crippen molar-refractivity contribution < 1.29 is 14.3 Å². The zero-order valence-corrected chi connectivity index (χ0v) is 20.9. The summed E-state index contributed by atoms with van der Waals surface area (Å²) in [6.45, 7) is 6.69. The van der Waals surface area contributed by atoms with E-state index in [0.29, 0.717) is 19.4 Å². The second kappa shape index (κ2) is 11.1. The van der Waals surface area contributed by atoms with Crippen molar-refractivity contribution in [2.75, 3.05) is 13.7 Å². The zero-order valence-electron chi connectivity index (χ0n) is 20.9. The third-order valence-corrected chi connectivity index (χ3v) is 6.15. The Kier molecular flexibility index (Phi) is 7.70. The normalized spacial score (nSPS) is 11.9. The maximum Gasteiger partial charge on any atom is 0.220 e. The van der Waals surface area contributed by atoms with E-state index in [9.17, 15) is 4.79 Å². The van der Waals surface area contributed by atoms with Crippen LogP contribution in [0.5, 0.6) is 11.5 Å². The molecule has 0 aliphatic carbocycles. The number of ether oxygens (including phenoxy) is 2. The van der Waals surface area contributed by atoms with Crippen LogP contribution in [0.1, 0.15) is 39.3 Å². The summed E-state index contributed by atoms with van der Waals surface area (Å²) in [5, 5.41) is 3.07. The number of hydrogen-bond acceptors (Lipinski definition) is 4. The number of carbonyl (C=O) groups is 1. The van der Waals surface area contributed by atoms with Crippen molar-refractivity contribution in [1.82, 2.24) is 14.7 Å². The lowest BCUT2D eigenvalue weighted by atomic mass is 10.1. The molecule has 2 heterocycles. The van der Waals surface area contributed by atoms with Gasteiger partial charge in [0.2, 0.25) is 5.91 Å². The molecule has 0 saturated heterocycles. The SMILES string of the molecule is CCOc1cccc(-c2ccc3nc(-c4cccc(OC)c4)c(CCC(=O)NC(C)CC)n3c2)c1. The van der Waals surface area contributed by atoms with Crippen LogP contribution in [0.4, 0.5) is 0 Å². The second-order valence-corrected chi connectivity index (χ2v) is 8.62. The van der Waals surface area contributed by atoms with Gasteiger partial charge < -0.3 is 19.2 Å². The molecule has 4 rings (SSSR count). The Morgan fingerprint density at radius 3 is 2.49 bits per heavy atom. The fourth-order valence-corrected chi connectivity index (χ4v) is 4.12.